The summed E-state index contributed by atoms with van der Waals surface area (Å²) in [6.07, 6.45) is 0. The molecule has 0 aliphatic heterocycles. The molecule has 1 rings (SSSR count). The molecule has 0 radical (unpaired) electrons. The Kier molecular flexibility index (Phi) is 2.94. The summed E-state index contributed by atoms with van der Waals surface area (Å²) in [7, 11) is 0. The minimum Gasteiger partial charge on any atom is -0.383 e. The molecule has 1 aromatic carbocycles. The molecule has 1 aromatic rings. The summed E-state index contributed by atoms with van der Waals surface area (Å²) in [6.45, 7) is 8.16. The number of rotatable bonds is 1. The minimum absolute atomic E-state index is 0.119. The molecule has 0 bridgehead atoms. The molecule has 0 fully saturated rings. The van der Waals surface area contributed by atoms with Gasteiger partial charge in [-0.1, -0.05) is 24.3 Å². The van der Waals surface area contributed by atoms with E-state index >= 15 is 0 Å². The van der Waals surface area contributed by atoms with E-state index in [-0.39, 0.29) is 5.54 Å². The van der Waals surface area contributed by atoms with E-state index in [4.69, 9.17) is 5.73 Å². The summed E-state index contributed by atoms with van der Waals surface area (Å²) in [5.74, 6) is 0.621. The third kappa shape index (κ3) is 2.87. The first kappa shape index (κ1) is 10.8. The van der Waals surface area contributed by atoms with Gasteiger partial charge in [0.05, 0.1) is 5.54 Å². The van der Waals surface area contributed by atoms with Crippen molar-refractivity contribution < 1.29 is 0 Å². The highest BCUT2D eigenvalue weighted by Gasteiger charge is 2.09. The zero-order valence-electron chi connectivity index (χ0n) is 9.33. The van der Waals surface area contributed by atoms with Crippen LogP contribution in [-0.4, -0.2) is 11.4 Å². The number of aryl methyl sites for hydroxylation is 1. The first-order valence-electron chi connectivity index (χ1n) is 4.81. The Hall–Kier alpha value is -1.31. The predicted molar refractivity (Wildman–Crippen MR) is 61.7 cm³/mol. The first-order valence-corrected chi connectivity index (χ1v) is 4.81. The maximum atomic E-state index is 5.93. The molecule has 0 spiro atoms. The molecule has 0 aromatic heterocycles. The molecule has 0 saturated heterocycles. The number of nitrogens with zero attached hydrogens (tertiary/aromatic N) is 1. The van der Waals surface area contributed by atoms with Gasteiger partial charge in [0, 0.05) is 5.56 Å². The van der Waals surface area contributed by atoms with Crippen molar-refractivity contribution in [1.82, 2.24) is 0 Å². The van der Waals surface area contributed by atoms with Crippen molar-refractivity contribution in [3.63, 3.8) is 0 Å². The van der Waals surface area contributed by atoms with Crippen molar-refractivity contribution in [3.05, 3.63) is 35.4 Å². The molecule has 2 heteroatoms. The van der Waals surface area contributed by atoms with Gasteiger partial charge in [-0.25, -0.2) is 0 Å². The Morgan fingerprint density at radius 2 is 1.79 bits per heavy atom. The van der Waals surface area contributed by atoms with E-state index in [1.54, 1.807) is 0 Å². The summed E-state index contributed by atoms with van der Waals surface area (Å²) < 4.78 is 0. The summed E-state index contributed by atoms with van der Waals surface area (Å²) in [4.78, 5) is 4.43. The molecular weight excluding hydrogens is 172 g/mol. The largest absolute Gasteiger partial charge is 0.383 e. The minimum atomic E-state index is -0.119. The van der Waals surface area contributed by atoms with Crippen LogP contribution in [-0.2, 0) is 0 Å². The lowest BCUT2D eigenvalue weighted by Crippen LogP contribution is -2.22. The third-order valence-electron chi connectivity index (χ3n) is 1.88. The normalized spacial score (nSPS) is 13.0. The maximum Gasteiger partial charge on any atom is 0.126 e. The van der Waals surface area contributed by atoms with Crippen LogP contribution in [0.25, 0.3) is 0 Å². The number of hydrogen-bond acceptors (Lipinski definition) is 1. The first-order chi connectivity index (χ1) is 6.40. The lowest BCUT2D eigenvalue weighted by atomic mass is 10.1. The third-order valence-corrected chi connectivity index (χ3v) is 1.88. The molecule has 0 saturated carbocycles. The van der Waals surface area contributed by atoms with Gasteiger partial charge >= 0.3 is 0 Å². The molecule has 2 N–H and O–H groups in total. The van der Waals surface area contributed by atoms with E-state index in [1.807, 2.05) is 52.0 Å². The van der Waals surface area contributed by atoms with Crippen LogP contribution in [0.4, 0.5) is 0 Å². The second kappa shape index (κ2) is 3.82. The van der Waals surface area contributed by atoms with Crippen LogP contribution in [0.3, 0.4) is 0 Å². The molecule has 14 heavy (non-hydrogen) atoms. The van der Waals surface area contributed by atoms with Crippen LogP contribution in [0, 0.1) is 6.92 Å². The van der Waals surface area contributed by atoms with Crippen molar-refractivity contribution in [2.45, 2.75) is 33.2 Å². The smallest absolute Gasteiger partial charge is 0.126 e. The van der Waals surface area contributed by atoms with E-state index in [1.165, 1.54) is 0 Å². The van der Waals surface area contributed by atoms with E-state index in [2.05, 4.69) is 4.99 Å². The molecule has 0 amide bonds. The highest BCUT2D eigenvalue weighted by molar-refractivity contribution is 5.98. The molecule has 2 nitrogen and oxygen atoms in total. The number of nitrogens with two attached hydrogens (primary N) is 1. The SMILES string of the molecule is Cc1ccccc1C(N)=NC(C)(C)C. The average molecular weight is 190 g/mol. The van der Waals surface area contributed by atoms with Crippen molar-refractivity contribution in [2.24, 2.45) is 10.7 Å². The highest BCUT2D eigenvalue weighted by Crippen LogP contribution is 2.11. The van der Waals surface area contributed by atoms with Gasteiger partial charge in [-0.3, -0.25) is 4.99 Å². The number of amidine groups is 1. The fourth-order valence-corrected chi connectivity index (χ4v) is 1.28. The average Bonchev–Trinajstić information content (AvgIpc) is 2.01. The predicted octanol–water partition coefficient (Wildman–Crippen LogP) is 2.50. The summed E-state index contributed by atoms with van der Waals surface area (Å²) in [5, 5.41) is 0. The van der Waals surface area contributed by atoms with E-state index in [0.717, 1.165) is 11.1 Å². The lowest BCUT2D eigenvalue weighted by Gasteiger charge is -2.14. The second-order valence-corrected chi connectivity index (χ2v) is 4.48. The van der Waals surface area contributed by atoms with Gasteiger partial charge in [0.2, 0.25) is 0 Å². The Balaban J connectivity index is 3.07. The fourth-order valence-electron chi connectivity index (χ4n) is 1.28. The fraction of sp³-hybridized carbons (Fsp3) is 0.417. The van der Waals surface area contributed by atoms with Crippen LogP contribution in [0.5, 0.6) is 0 Å². The van der Waals surface area contributed by atoms with Crippen LogP contribution < -0.4 is 5.73 Å². The number of aliphatic imine (C=N–C) groups is 1. The topological polar surface area (TPSA) is 38.4 Å². The second-order valence-electron chi connectivity index (χ2n) is 4.48. The maximum absolute atomic E-state index is 5.93. The van der Waals surface area contributed by atoms with Crippen molar-refractivity contribution in [1.29, 1.82) is 0 Å². The van der Waals surface area contributed by atoms with Gasteiger partial charge in [0.1, 0.15) is 5.84 Å². The molecular formula is C12H18N2. The quantitative estimate of drug-likeness (QED) is 0.536. The molecule has 0 aliphatic carbocycles. The summed E-state index contributed by atoms with van der Waals surface area (Å²) in [6, 6.07) is 8.02. The summed E-state index contributed by atoms with van der Waals surface area (Å²) in [5.41, 5.74) is 8.01. The van der Waals surface area contributed by atoms with Gasteiger partial charge in [-0.2, -0.15) is 0 Å². The molecule has 76 valence electrons. The van der Waals surface area contributed by atoms with Crippen molar-refractivity contribution in [2.75, 3.05) is 0 Å². The van der Waals surface area contributed by atoms with Crippen LogP contribution in [0.2, 0.25) is 0 Å². The number of hydrogen-bond donors (Lipinski definition) is 1. The Morgan fingerprint density at radius 3 is 2.29 bits per heavy atom. The van der Waals surface area contributed by atoms with Crippen molar-refractivity contribution in [3.8, 4) is 0 Å². The lowest BCUT2D eigenvalue weighted by molar-refractivity contribution is 0.583. The monoisotopic (exact) mass is 190 g/mol. The van der Waals surface area contributed by atoms with Crippen molar-refractivity contribution >= 4 is 5.84 Å². The number of benzene rings is 1. The van der Waals surface area contributed by atoms with E-state index < -0.39 is 0 Å². The van der Waals surface area contributed by atoms with Gasteiger partial charge in [0.15, 0.2) is 0 Å². The molecule has 0 atom stereocenters. The van der Waals surface area contributed by atoms with Crippen LogP contribution in [0.15, 0.2) is 29.3 Å². The molecule has 0 unspecified atom stereocenters. The molecule has 0 aliphatic rings. The zero-order valence-corrected chi connectivity index (χ0v) is 9.33. The Labute approximate surface area is 85.9 Å². The zero-order chi connectivity index (χ0) is 10.8. The van der Waals surface area contributed by atoms with Gasteiger partial charge in [0.25, 0.3) is 0 Å². The Bertz CT molecular complexity index is 346. The summed E-state index contributed by atoms with van der Waals surface area (Å²) >= 11 is 0. The van der Waals surface area contributed by atoms with E-state index in [0.29, 0.717) is 5.84 Å². The standard InChI is InChI=1S/C12H18N2/c1-9-7-5-6-8-10(9)11(13)14-12(2,3)4/h5-8H,1-4H3,(H2,13,14). The van der Waals surface area contributed by atoms with Gasteiger partial charge in [-0.05, 0) is 33.3 Å². The van der Waals surface area contributed by atoms with Crippen LogP contribution in [0.1, 0.15) is 31.9 Å². The molecule has 0 heterocycles. The highest BCUT2D eigenvalue weighted by atomic mass is 14.9. The van der Waals surface area contributed by atoms with E-state index in [9.17, 15) is 0 Å². The Morgan fingerprint density at radius 1 is 1.21 bits per heavy atom. The van der Waals surface area contributed by atoms with Gasteiger partial charge < -0.3 is 5.73 Å². The van der Waals surface area contributed by atoms with Crippen LogP contribution >= 0.6 is 0 Å². The van der Waals surface area contributed by atoms with Gasteiger partial charge in [-0.15, -0.1) is 0 Å².